The topological polar surface area (TPSA) is 6.48 Å². The highest BCUT2D eigenvalue weighted by Gasteiger charge is 2.45. The van der Waals surface area contributed by atoms with E-state index in [2.05, 4.69) is 182 Å². The van der Waals surface area contributed by atoms with Crippen LogP contribution in [-0.2, 0) is 29.1 Å². The van der Waals surface area contributed by atoms with Crippen molar-refractivity contribution < 1.29 is 0 Å². The maximum atomic E-state index is 2.64. The van der Waals surface area contributed by atoms with Crippen LogP contribution in [0, 0.1) is 6.92 Å². The fraction of sp³-hybridized carbons (Fsp3) is 0.308. The van der Waals surface area contributed by atoms with Crippen LogP contribution in [0.3, 0.4) is 0 Å². The van der Waals surface area contributed by atoms with Gasteiger partial charge >= 0.3 is 0 Å². The molecule has 0 radical (unpaired) electrons. The Morgan fingerprint density at radius 3 is 1.77 bits per heavy atom. The minimum Gasteiger partial charge on any atom is -0.311 e. The molecule has 1 aliphatic carbocycles. The predicted octanol–water partition coefficient (Wildman–Crippen LogP) is 12.8. The molecule has 10 rings (SSSR count). The number of aryl methyl sites for hydroxylation is 3. The monoisotopic (exact) mass is 748 g/mol. The normalized spacial score (nSPS) is 15.0. The van der Waals surface area contributed by atoms with Crippen LogP contribution in [0.4, 0.5) is 34.1 Å². The van der Waals surface area contributed by atoms with Gasteiger partial charge in [0.05, 0.1) is 10.4 Å². The van der Waals surface area contributed by atoms with E-state index in [1.807, 2.05) is 11.3 Å². The third-order valence-electron chi connectivity index (χ3n) is 12.9. The summed E-state index contributed by atoms with van der Waals surface area (Å²) < 4.78 is 2.82. The minimum absolute atomic E-state index is 0.0126. The maximum Gasteiger partial charge on any atom is 0.252 e. The van der Waals surface area contributed by atoms with Gasteiger partial charge in [-0.05, 0) is 141 Å². The first-order chi connectivity index (χ1) is 26.6. The first-order valence-electron chi connectivity index (χ1n) is 20.7. The van der Waals surface area contributed by atoms with Crippen molar-refractivity contribution in [1.82, 2.24) is 0 Å². The van der Waals surface area contributed by atoms with Gasteiger partial charge in [0.1, 0.15) is 0 Å². The van der Waals surface area contributed by atoms with Gasteiger partial charge in [0.2, 0.25) is 0 Å². The number of thiophene rings is 1. The molecule has 1 aromatic heterocycles. The number of hydrogen-bond acceptors (Lipinski definition) is 3. The number of anilines is 6. The van der Waals surface area contributed by atoms with Crippen molar-refractivity contribution in [2.24, 2.45) is 0 Å². The zero-order valence-corrected chi connectivity index (χ0v) is 35.6. The van der Waals surface area contributed by atoms with Crippen LogP contribution in [0.25, 0.3) is 20.2 Å². The number of hydrogen-bond donors (Lipinski definition) is 0. The van der Waals surface area contributed by atoms with Crippen LogP contribution >= 0.6 is 11.3 Å². The maximum absolute atomic E-state index is 2.64. The van der Waals surface area contributed by atoms with Crippen LogP contribution in [0.15, 0.2) is 103 Å². The minimum atomic E-state index is 0.0126. The van der Waals surface area contributed by atoms with E-state index in [9.17, 15) is 0 Å². The van der Waals surface area contributed by atoms with E-state index in [0.29, 0.717) is 0 Å². The van der Waals surface area contributed by atoms with E-state index in [1.54, 1.807) is 11.1 Å². The molecule has 2 nitrogen and oxygen atoms in total. The van der Waals surface area contributed by atoms with Crippen LogP contribution in [0.5, 0.6) is 0 Å². The Hall–Kier alpha value is -4.80. The highest BCUT2D eigenvalue weighted by atomic mass is 32.1. The third kappa shape index (κ3) is 5.35. The van der Waals surface area contributed by atoms with Crippen molar-refractivity contribution in [3.8, 4) is 0 Å². The first kappa shape index (κ1) is 35.6. The van der Waals surface area contributed by atoms with Gasteiger partial charge in [-0.3, -0.25) is 0 Å². The van der Waals surface area contributed by atoms with Gasteiger partial charge < -0.3 is 9.80 Å². The summed E-state index contributed by atoms with van der Waals surface area (Å²) in [7, 11) is 0. The summed E-state index contributed by atoms with van der Waals surface area (Å²) >= 11 is 2.00. The molecule has 7 aromatic rings. The molecule has 280 valence electrons. The molecule has 4 heteroatoms. The molecule has 2 aliphatic heterocycles. The van der Waals surface area contributed by atoms with E-state index >= 15 is 0 Å². The van der Waals surface area contributed by atoms with Gasteiger partial charge in [-0.2, -0.15) is 0 Å². The molecule has 0 saturated heterocycles. The largest absolute Gasteiger partial charge is 0.311 e. The van der Waals surface area contributed by atoms with Gasteiger partial charge in [0.15, 0.2) is 0 Å². The van der Waals surface area contributed by atoms with Gasteiger partial charge in [-0.1, -0.05) is 117 Å². The average Bonchev–Trinajstić information content (AvgIpc) is 3.78. The van der Waals surface area contributed by atoms with Crippen molar-refractivity contribution in [2.75, 3.05) is 9.80 Å². The van der Waals surface area contributed by atoms with Crippen molar-refractivity contribution >= 4 is 88.7 Å². The van der Waals surface area contributed by atoms with Crippen LogP contribution in [-0.4, -0.2) is 6.71 Å². The Morgan fingerprint density at radius 2 is 1.14 bits per heavy atom. The molecular weight excluding hydrogens is 695 g/mol. The highest BCUT2D eigenvalue weighted by molar-refractivity contribution is 7.26. The molecule has 0 amide bonds. The predicted molar refractivity (Wildman–Crippen MR) is 246 cm³/mol. The number of fused-ring (bicyclic) bond motifs is 10. The summed E-state index contributed by atoms with van der Waals surface area (Å²) in [6.07, 6.45) is 3.62. The first-order valence-corrected chi connectivity index (χ1v) is 21.5. The summed E-state index contributed by atoms with van der Waals surface area (Å²) in [5.74, 6) is 0. The molecule has 3 aliphatic rings. The van der Waals surface area contributed by atoms with E-state index in [4.69, 9.17) is 0 Å². The fourth-order valence-electron chi connectivity index (χ4n) is 9.86. The van der Waals surface area contributed by atoms with Crippen LogP contribution in [0.1, 0.15) is 102 Å². The number of benzene rings is 6. The lowest BCUT2D eigenvalue weighted by Gasteiger charge is -2.45. The molecule has 56 heavy (non-hydrogen) atoms. The molecule has 6 aromatic carbocycles. The Bertz CT molecular complexity index is 2730. The lowest BCUT2D eigenvalue weighted by Crippen LogP contribution is -2.61. The van der Waals surface area contributed by atoms with E-state index in [0.717, 1.165) is 0 Å². The third-order valence-corrected chi connectivity index (χ3v) is 14.1. The molecular formula is C52H53BN2S. The Balaban J connectivity index is 1.31. The second-order valence-electron chi connectivity index (χ2n) is 19.9. The standard InChI is InChI=1S/C52H53BN2S/c1-31-28-43-47-44(29-31)55(37-22-17-34(18-23-37)51(5,6)7)48-40(25-24-39-46-38-13-11-12-32(38)14-27-45(46)56-49(39)48)53(47)41-30-35(52(8,9)10)19-26-42(41)54(43)36-20-15-33(16-21-36)50(2,3)4/h14-30H,11-13H2,1-10H3. The van der Waals surface area contributed by atoms with Crippen molar-refractivity contribution in [1.29, 1.82) is 0 Å². The Labute approximate surface area is 338 Å². The van der Waals surface area contributed by atoms with Gasteiger partial charge in [0, 0.05) is 43.9 Å². The highest BCUT2D eigenvalue weighted by Crippen LogP contribution is 2.50. The molecule has 0 atom stereocenters. The Kier molecular flexibility index (Phi) is 7.70. The molecule has 3 heterocycles. The number of nitrogens with zero attached hydrogens (tertiary/aromatic N) is 2. The molecule has 0 spiro atoms. The fourth-order valence-corrected chi connectivity index (χ4v) is 11.1. The van der Waals surface area contributed by atoms with Crippen molar-refractivity contribution in [2.45, 2.75) is 105 Å². The molecule has 0 unspecified atom stereocenters. The Morgan fingerprint density at radius 1 is 0.554 bits per heavy atom. The molecule has 0 bridgehead atoms. The second kappa shape index (κ2) is 12.1. The summed E-state index contributed by atoms with van der Waals surface area (Å²) in [5.41, 5.74) is 20.4. The smallest absolute Gasteiger partial charge is 0.252 e. The van der Waals surface area contributed by atoms with Gasteiger partial charge in [-0.25, -0.2) is 0 Å². The SMILES string of the molecule is Cc1cc2c3c(c1)N(c1ccc(C(C)(C)C)cc1)c1c(ccc4c1sc1ccc5c(c14)CCC5)B3c1cc(C(C)(C)C)ccc1N2c1ccc(C(C)(C)C)cc1. The number of rotatable bonds is 2. The van der Waals surface area contributed by atoms with E-state index in [-0.39, 0.29) is 23.0 Å². The summed E-state index contributed by atoms with van der Waals surface area (Å²) in [4.78, 5) is 5.20. The summed E-state index contributed by atoms with van der Waals surface area (Å²) in [5, 5.41) is 2.90. The van der Waals surface area contributed by atoms with Crippen LogP contribution < -0.4 is 26.2 Å². The summed E-state index contributed by atoms with van der Waals surface area (Å²) in [6, 6.07) is 40.9. The quantitative estimate of drug-likeness (QED) is 0.162. The zero-order chi connectivity index (χ0) is 39.1. The van der Waals surface area contributed by atoms with Crippen molar-refractivity contribution in [3.05, 3.63) is 137 Å². The lowest BCUT2D eigenvalue weighted by molar-refractivity contribution is 0.590. The molecule has 0 fully saturated rings. The van der Waals surface area contributed by atoms with E-state index in [1.165, 1.54) is 112 Å². The van der Waals surface area contributed by atoms with Crippen LogP contribution in [0.2, 0.25) is 0 Å². The van der Waals surface area contributed by atoms with E-state index < -0.39 is 0 Å². The molecule has 0 saturated carbocycles. The second-order valence-corrected chi connectivity index (χ2v) is 20.9. The molecule has 0 N–H and O–H groups in total. The van der Waals surface area contributed by atoms with Gasteiger partial charge in [0.25, 0.3) is 6.71 Å². The van der Waals surface area contributed by atoms with Gasteiger partial charge in [-0.15, -0.1) is 11.3 Å². The summed E-state index contributed by atoms with van der Waals surface area (Å²) in [6.45, 7) is 23.2. The average molecular weight is 749 g/mol. The lowest BCUT2D eigenvalue weighted by atomic mass is 9.33. The zero-order valence-electron chi connectivity index (χ0n) is 34.8. The van der Waals surface area contributed by atoms with Crippen molar-refractivity contribution in [3.63, 3.8) is 0 Å².